The van der Waals surface area contributed by atoms with Crippen LogP contribution in [0.15, 0.2) is 11.5 Å². The van der Waals surface area contributed by atoms with E-state index in [2.05, 4.69) is 5.32 Å². The SMILES string of the molecule is O=S1(=O)C=CC(NCC2CCCC(F)(F)C2)C1. The molecule has 6 heteroatoms. The van der Waals surface area contributed by atoms with Gasteiger partial charge in [-0.15, -0.1) is 0 Å². The van der Waals surface area contributed by atoms with Crippen molar-refractivity contribution in [2.24, 2.45) is 5.92 Å². The summed E-state index contributed by atoms with van der Waals surface area (Å²) in [6.07, 6.45) is 2.85. The molecule has 2 atom stereocenters. The maximum Gasteiger partial charge on any atom is 0.248 e. The maximum absolute atomic E-state index is 13.1. The van der Waals surface area contributed by atoms with E-state index in [9.17, 15) is 17.2 Å². The number of nitrogens with one attached hydrogen (secondary N) is 1. The highest BCUT2D eigenvalue weighted by molar-refractivity contribution is 7.94. The van der Waals surface area contributed by atoms with Crippen LogP contribution in [0.25, 0.3) is 0 Å². The predicted molar refractivity (Wildman–Crippen MR) is 61.6 cm³/mol. The summed E-state index contributed by atoms with van der Waals surface area (Å²) >= 11 is 0. The van der Waals surface area contributed by atoms with Crippen molar-refractivity contribution in [3.8, 4) is 0 Å². The minimum Gasteiger partial charge on any atom is -0.309 e. The van der Waals surface area contributed by atoms with E-state index in [1.807, 2.05) is 0 Å². The largest absolute Gasteiger partial charge is 0.309 e. The molecule has 0 spiro atoms. The summed E-state index contributed by atoms with van der Waals surface area (Å²) < 4.78 is 48.6. The highest BCUT2D eigenvalue weighted by atomic mass is 32.2. The Hall–Kier alpha value is -0.490. The van der Waals surface area contributed by atoms with Gasteiger partial charge in [0.2, 0.25) is 5.92 Å². The summed E-state index contributed by atoms with van der Waals surface area (Å²) in [5, 5.41) is 4.24. The summed E-state index contributed by atoms with van der Waals surface area (Å²) in [4.78, 5) is 0. The van der Waals surface area contributed by atoms with E-state index >= 15 is 0 Å². The van der Waals surface area contributed by atoms with Crippen molar-refractivity contribution in [3.05, 3.63) is 11.5 Å². The second-order valence-electron chi connectivity index (χ2n) is 4.99. The Morgan fingerprint density at radius 1 is 1.41 bits per heavy atom. The molecule has 1 aliphatic carbocycles. The predicted octanol–water partition coefficient (Wildman–Crippen LogP) is 1.71. The number of halogens is 2. The molecule has 1 saturated carbocycles. The van der Waals surface area contributed by atoms with Crippen LogP contribution in [0.3, 0.4) is 0 Å². The van der Waals surface area contributed by atoms with Gasteiger partial charge in [0.1, 0.15) is 0 Å². The zero-order chi connectivity index (χ0) is 12.5. The Bertz CT molecular complexity index is 406. The Labute approximate surface area is 100 Å². The van der Waals surface area contributed by atoms with E-state index in [1.165, 1.54) is 5.41 Å². The number of hydrogen-bond donors (Lipinski definition) is 1. The van der Waals surface area contributed by atoms with Crippen LogP contribution in [-0.2, 0) is 9.84 Å². The van der Waals surface area contributed by atoms with Crippen LogP contribution in [-0.4, -0.2) is 32.7 Å². The van der Waals surface area contributed by atoms with E-state index < -0.39 is 15.8 Å². The Balaban J connectivity index is 1.78. The average molecular weight is 265 g/mol. The minimum atomic E-state index is -3.06. The molecule has 0 saturated heterocycles. The van der Waals surface area contributed by atoms with Gasteiger partial charge in [0.25, 0.3) is 0 Å². The molecule has 0 amide bonds. The monoisotopic (exact) mass is 265 g/mol. The van der Waals surface area contributed by atoms with Crippen molar-refractivity contribution in [3.63, 3.8) is 0 Å². The van der Waals surface area contributed by atoms with Crippen molar-refractivity contribution < 1.29 is 17.2 Å². The summed E-state index contributed by atoms with van der Waals surface area (Å²) in [7, 11) is -3.06. The van der Waals surface area contributed by atoms with Crippen molar-refractivity contribution in [2.45, 2.75) is 37.6 Å². The highest BCUT2D eigenvalue weighted by Crippen LogP contribution is 2.36. The standard InChI is InChI=1S/C11H17F2NO2S/c12-11(13)4-1-2-9(6-11)7-14-10-3-5-17(15,16)8-10/h3,5,9-10,14H,1-2,4,6-8H2. The van der Waals surface area contributed by atoms with Gasteiger partial charge in [0, 0.05) is 24.3 Å². The molecular weight excluding hydrogens is 248 g/mol. The lowest BCUT2D eigenvalue weighted by Crippen LogP contribution is -2.37. The van der Waals surface area contributed by atoms with Crippen molar-refractivity contribution in [1.82, 2.24) is 5.32 Å². The van der Waals surface area contributed by atoms with Gasteiger partial charge in [-0.2, -0.15) is 0 Å². The van der Waals surface area contributed by atoms with Gasteiger partial charge in [0.15, 0.2) is 9.84 Å². The molecule has 2 rings (SSSR count). The molecule has 1 heterocycles. The number of sulfone groups is 1. The van der Waals surface area contributed by atoms with Crippen LogP contribution in [0.2, 0.25) is 0 Å². The third-order valence-electron chi connectivity index (χ3n) is 3.34. The quantitative estimate of drug-likeness (QED) is 0.845. The second kappa shape index (κ2) is 4.65. The highest BCUT2D eigenvalue weighted by Gasteiger charge is 2.36. The fraction of sp³-hybridized carbons (Fsp3) is 0.818. The zero-order valence-electron chi connectivity index (χ0n) is 9.53. The first kappa shape index (κ1) is 13.0. The molecule has 0 radical (unpaired) electrons. The summed E-state index contributed by atoms with van der Waals surface area (Å²) in [6.45, 7) is 0.472. The van der Waals surface area contributed by atoms with Crippen LogP contribution in [0.5, 0.6) is 0 Å². The minimum absolute atomic E-state index is 0.0127. The lowest BCUT2D eigenvalue weighted by molar-refractivity contribution is -0.0521. The molecule has 1 aliphatic heterocycles. The molecule has 2 unspecified atom stereocenters. The topological polar surface area (TPSA) is 46.2 Å². The van der Waals surface area contributed by atoms with Crippen molar-refractivity contribution in [2.75, 3.05) is 12.3 Å². The fourth-order valence-electron chi connectivity index (χ4n) is 2.47. The van der Waals surface area contributed by atoms with Gasteiger partial charge in [0.05, 0.1) is 5.75 Å². The lowest BCUT2D eigenvalue weighted by Gasteiger charge is -2.29. The van der Waals surface area contributed by atoms with Crippen molar-refractivity contribution >= 4 is 9.84 Å². The molecule has 3 nitrogen and oxygen atoms in total. The molecule has 1 fully saturated rings. The van der Waals surface area contributed by atoms with Crippen LogP contribution < -0.4 is 5.32 Å². The van der Waals surface area contributed by atoms with Gasteiger partial charge >= 0.3 is 0 Å². The first-order valence-corrected chi connectivity index (χ1v) is 7.60. The van der Waals surface area contributed by atoms with Crippen LogP contribution in [0, 0.1) is 5.92 Å². The van der Waals surface area contributed by atoms with Crippen LogP contribution in [0.4, 0.5) is 8.78 Å². The molecule has 1 N–H and O–H groups in total. The summed E-state index contributed by atoms with van der Waals surface area (Å²) in [6, 6.07) is -0.212. The van der Waals surface area contributed by atoms with Gasteiger partial charge in [-0.3, -0.25) is 0 Å². The average Bonchev–Trinajstić information content (AvgIpc) is 2.54. The molecular formula is C11H17F2NO2S. The second-order valence-corrected chi connectivity index (χ2v) is 6.92. The van der Waals surface area contributed by atoms with Gasteiger partial charge in [-0.05, 0) is 25.3 Å². The molecule has 0 aromatic rings. The Kier molecular flexibility index (Phi) is 3.54. The lowest BCUT2D eigenvalue weighted by atomic mass is 9.86. The van der Waals surface area contributed by atoms with Gasteiger partial charge in [-0.1, -0.05) is 6.08 Å². The Morgan fingerprint density at radius 2 is 2.18 bits per heavy atom. The third-order valence-corrected chi connectivity index (χ3v) is 4.74. The molecule has 2 aliphatic rings. The smallest absolute Gasteiger partial charge is 0.248 e. The molecule has 98 valence electrons. The Morgan fingerprint density at radius 3 is 2.76 bits per heavy atom. The van der Waals surface area contributed by atoms with E-state index in [-0.39, 0.29) is 30.6 Å². The summed E-state index contributed by atoms with van der Waals surface area (Å²) in [5.74, 6) is -2.53. The van der Waals surface area contributed by atoms with Crippen molar-refractivity contribution in [1.29, 1.82) is 0 Å². The first-order chi connectivity index (χ1) is 7.86. The molecule has 0 bridgehead atoms. The van der Waals surface area contributed by atoms with E-state index in [4.69, 9.17) is 0 Å². The normalized spacial score (nSPS) is 34.9. The maximum atomic E-state index is 13.1. The van der Waals surface area contributed by atoms with Crippen LogP contribution in [0.1, 0.15) is 25.7 Å². The number of rotatable bonds is 3. The zero-order valence-corrected chi connectivity index (χ0v) is 10.3. The molecule has 0 aromatic heterocycles. The molecule has 17 heavy (non-hydrogen) atoms. The number of hydrogen-bond acceptors (Lipinski definition) is 3. The van der Waals surface area contributed by atoms with Gasteiger partial charge < -0.3 is 5.32 Å². The van der Waals surface area contributed by atoms with Crippen LogP contribution >= 0.6 is 0 Å². The van der Waals surface area contributed by atoms with E-state index in [0.717, 1.165) is 6.42 Å². The fourth-order valence-corrected chi connectivity index (χ4v) is 3.74. The van der Waals surface area contributed by atoms with E-state index in [0.29, 0.717) is 13.0 Å². The number of alkyl halides is 2. The first-order valence-electron chi connectivity index (χ1n) is 5.88. The third kappa shape index (κ3) is 3.74. The summed E-state index contributed by atoms with van der Waals surface area (Å²) in [5.41, 5.74) is 0. The van der Waals surface area contributed by atoms with E-state index in [1.54, 1.807) is 6.08 Å². The molecule has 0 aromatic carbocycles. The van der Waals surface area contributed by atoms with Gasteiger partial charge in [-0.25, -0.2) is 17.2 Å².